The topological polar surface area (TPSA) is 62.7 Å². The van der Waals surface area contributed by atoms with E-state index in [0.717, 1.165) is 12.8 Å². The van der Waals surface area contributed by atoms with Crippen molar-refractivity contribution in [3.63, 3.8) is 0 Å². The smallest absolute Gasteiger partial charge is 0.413 e. The number of nitrogens with zero attached hydrogens (tertiary/aromatic N) is 1. The molecular weight excluding hydrogens is 230 g/mol. The number of methoxy groups -OCH3 is 1. The average molecular weight is 245 g/mol. The Hall–Kier alpha value is -2.04. The molecule has 5 heteroatoms. The van der Waals surface area contributed by atoms with E-state index in [0.29, 0.717) is 12.5 Å². The summed E-state index contributed by atoms with van der Waals surface area (Å²) in [5.74, 6) is 0.499. The van der Waals surface area contributed by atoms with E-state index in [-0.39, 0.29) is 5.54 Å². The van der Waals surface area contributed by atoms with E-state index in [1.54, 1.807) is 0 Å². The third kappa shape index (κ3) is 1.63. The minimum atomic E-state index is -0.496. The van der Waals surface area contributed by atoms with Crippen LogP contribution in [0.2, 0.25) is 0 Å². The average Bonchev–Trinajstić information content (AvgIpc) is 2.96. The molecule has 18 heavy (non-hydrogen) atoms. The van der Waals surface area contributed by atoms with Gasteiger partial charge < -0.3 is 10.1 Å². The first kappa shape index (κ1) is 11.1. The molecule has 0 radical (unpaired) electrons. The Kier molecular flexibility index (Phi) is 2.47. The Morgan fingerprint density at radius 1 is 1.50 bits per heavy atom. The van der Waals surface area contributed by atoms with Gasteiger partial charge in [-0.25, -0.2) is 4.79 Å². The second-order valence-corrected chi connectivity index (χ2v) is 4.65. The molecule has 3 rings (SSSR count). The first-order valence-electron chi connectivity index (χ1n) is 5.99. The highest BCUT2D eigenvalue weighted by Crippen LogP contribution is 2.38. The molecule has 1 atom stereocenters. The van der Waals surface area contributed by atoms with E-state index in [2.05, 4.69) is 38.6 Å². The van der Waals surface area contributed by atoms with Gasteiger partial charge in [0.2, 0.25) is 5.96 Å². The van der Waals surface area contributed by atoms with Crippen molar-refractivity contribution < 1.29 is 9.53 Å². The minimum Gasteiger partial charge on any atom is -0.453 e. The molecule has 0 aromatic heterocycles. The van der Waals surface area contributed by atoms with Crippen molar-refractivity contribution >= 4 is 12.1 Å². The molecule has 1 heterocycles. The van der Waals surface area contributed by atoms with Gasteiger partial charge in [0, 0.05) is 0 Å². The van der Waals surface area contributed by atoms with Crippen LogP contribution in [0.3, 0.4) is 0 Å². The quantitative estimate of drug-likeness (QED) is 0.720. The van der Waals surface area contributed by atoms with Gasteiger partial charge in [0.1, 0.15) is 0 Å². The van der Waals surface area contributed by atoms with Gasteiger partial charge in [-0.05, 0) is 24.0 Å². The number of aliphatic imine (C=N–C) groups is 1. The van der Waals surface area contributed by atoms with Gasteiger partial charge in [0.05, 0.1) is 19.2 Å². The molecule has 1 unspecified atom stereocenters. The number of hydrogen-bond donors (Lipinski definition) is 2. The summed E-state index contributed by atoms with van der Waals surface area (Å²) < 4.78 is 4.56. The van der Waals surface area contributed by atoms with Crippen LogP contribution in [0.5, 0.6) is 0 Å². The zero-order chi connectivity index (χ0) is 12.6. The summed E-state index contributed by atoms with van der Waals surface area (Å²) in [6.45, 7) is 0.656. The van der Waals surface area contributed by atoms with Crippen molar-refractivity contribution in [1.29, 1.82) is 0 Å². The predicted molar refractivity (Wildman–Crippen MR) is 67.4 cm³/mol. The van der Waals surface area contributed by atoms with E-state index < -0.39 is 6.09 Å². The standard InChI is InChI=1S/C13H15N3O2/c1-18-12(17)15-11-14-8-13(16-11)7-6-9-4-2-3-5-10(9)13/h2-5H,6-8H2,1H3,(H2,14,15,16,17). The van der Waals surface area contributed by atoms with Crippen LogP contribution in [-0.4, -0.2) is 25.7 Å². The molecular formula is C13H15N3O2. The highest BCUT2D eigenvalue weighted by atomic mass is 16.5. The molecule has 1 aliphatic carbocycles. The number of alkyl carbamates (subject to hydrolysis) is 1. The number of fused-ring (bicyclic) bond motifs is 2. The zero-order valence-electron chi connectivity index (χ0n) is 10.2. The molecule has 1 spiro atoms. The molecule has 2 N–H and O–H groups in total. The zero-order valence-corrected chi connectivity index (χ0v) is 10.2. The Labute approximate surface area is 105 Å². The van der Waals surface area contributed by atoms with Crippen LogP contribution in [0.25, 0.3) is 0 Å². The summed E-state index contributed by atoms with van der Waals surface area (Å²) in [7, 11) is 1.34. The van der Waals surface area contributed by atoms with Gasteiger partial charge in [-0.3, -0.25) is 10.3 Å². The number of carbonyl (C=O) groups excluding carboxylic acids is 1. The first-order valence-corrected chi connectivity index (χ1v) is 5.99. The van der Waals surface area contributed by atoms with Gasteiger partial charge in [0.25, 0.3) is 0 Å². The van der Waals surface area contributed by atoms with Crippen LogP contribution in [0.1, 0.15) is 17.5 Å². The van der Waals surface area contributed by atoms with E-state index >= 15 is 0 Å². The monoisotopic (exact) mass is 245 g/mol. The molecule has 0 saturated carbocycles. The van der Waals surface area contributed by atoms with Crippen LogP contribution in [0.4, 0.5) is 4.79 Å². The maximum Gasteiger partial charge on any atom is 0.413 e. The summed E-state index contributed by atoms with van der Waals surface area (Å²) in [5, 5.41) is 5.91. The minimum absolute atomic E-state index is 0.146. The fourth-order valence-electron chi connectivity index (χ4n) is 2.72. The Morgan fingerprint density at radius 2 is 2.33 bits per heavy atom. The third-order valence-electron chi connectivity index (χ3n) is 3.62. The fraction of sp³-hybridized carbons (Fsp3) is 0.385. The highest BCUT2D eigenvalue weighted by Gasteiger charge is 2.42. The number of benzene rings is 1. The van der Waals surface area contributed by atoms with Crippen LogP contribution in [-0.2, 0) is 16.7 Å². The molecule has 94 valence electrons. The van der Waals surface area contributed by atoms with Crippen molar-refractivity contribution in [1.82, 2.24) is 10.6 Å². The van der Waals surface area contributed by atoms with Gasteiger partial charge >= 0.3 is 6.09 Å². The first-order chi connectivity index (χ1) is 8.73. The number of aryl methyl sites for hydroxylation is 1. The van der Waals surface area contributed by atoms with Crippen molar-refractivity contribution in [2.45, 2.75) is 18.4 Å². The lowest BCUT2D eigenvalue weighted by Gasteiger charge is -2.25. The lowest BCUT2D eigenvalue weighted by Crippen LogP contribution is -2.47. The normalized spacial score (nSPS) is 24.4. The van der Waals surface area contributed by atoms with Crippen LogP contribution >= 0.6 is 0 Å². The molecule has 2 aliphatic rings. The Morgan fingerprint density at radius 3 is 3.17 bits per heavy atom. The largest absolute Gasteiger partial charge is 0.453 e. The summed E-state index contributed by atoms with van der Waals surface area (Å²) in [5.41, 5.74) is 2.50. The number of carbonyl (C=O) groups is 1. The number of hydrogen-bond acceptors (Lipinski definition) is 4. The molecule has 0 fully saturated rings. The molecule has 0 bridgehead atoms. The van der Waals surface area contributed by atoms with Crippen LogP contribution in [0, 0.1) is 0 Å². The van der Waals surface area contributed by atoms with E-state index in [1.807, 2.05) is 6.07 Å². The molecule has 1 aliphatic heterocycles. The van der Waals surface area contributed by atoms with E-state index in [9.17, 15) is 4.79 Å². The number of ether oxygens (including phenoxy) is 1. The Bertz CT molecular complexity index is 527. The van der Waals surface area contributed by atoms with E-state index in [4.69, 9.17) is 0 Å². The number of guanidine groups is 1. The third-order valence-corrected chi connectivity index (χ3v) is 3.62. The molecule has 1 aromatic rings. The highest BCUT2D eigenvalue weighted by molar-refractivity contribution is 5.95. The summed E-state index contributed by atoms with van der Waals surface area (Å²) >= 11 is 0. The fourth-order valence-corrected chi connectivity index (χ4v) is 2.72. The summed E-state index contributed by atoms with van der Waals surface area (Å²) in [4.78, 5) is 15.5. The molecule has 0 saturated heterocycles. The lowest BCUT2D eigenvalue weighted by atomic mass is 9.93. The van der Waals surface area contributed by atoms with Crippen molar-refractivity contribution in [3.05, 3.63) is 35.4 Å². The van der Waals surface area contributed by atoms with Crippen molar-refractivity contribution in [2.75, 3.05) is 13.7 Å². The summed E-state index contributed by atoms with van der Waals surface area (Å²) in [6.07, 6.45) is 1.55. The van der Waals surface area contributed by atoms with Gasteiger partial charge in [-0.1, -0.05) is 24.3 Å². The van der Waals surface area contributed by atoms with E-state index in [1.165, 1.54) is 18.2 Å². The second-order valence-electron chi connectivity index (χ2n) is 4.65. The number of nitrogens with one attached hydrogen (secondary N) is 2. The number of rotatable bonds is 0. The maximum absolute atomic E-state index is 11.2. The van der Waals surface area contributed by atoms with Gasteiger partial charge in [-0.15, -0.1) is 0 Å². The molecule has 1 aromatic carbocycles. The predicted octanol–water partition coefficient (Wildman–Crippen LogP) is 1.14. The second kappa shape index (κ2) is 4.01. The lowest BCUT2D eigenvalue weighted by molar-refractivity contribution is 0.176. The number of amides is 1. The van der Waals surface area contributed by atoms with Crippen molar-refractivity contribution in [3.8, 4) is 0 Å². The van der Waals surface area contributed by atoms with Crippen LogP contribution in [0.15, 0.2) is 29.3 Å². The van der Waals surface area contributed by atoms with Crippen molar-refractivity contribution in [2.24, 2.45) is 4.99 Å². The van der Waals surface area contributed by atoms with Gasteiger partial charge in [0.15, 0.2) is 0 Å². The Balaban J connectivity index is 1.80. The molecule has 5 nitrogen and oxygen atoms in total. The molecule has 1 amide bonds. The SMILES string of the molecule is COC(=O)NC1=NCC2(CCc3ccccc32)N1. The van der Waals surface area contributed by atoms with Gasteiger partial charge in [-0.2, -0.15) is 0 Å². The van der Waals surface area contributed by atoms with Crippen LogP contribution < -0.4 is 10.6 Å². The summed E-state index contributed by atoms with van der Waals surface area (Å²) in [6, 6.07) is 8.38. The maximum atomic E-state index is 11.2.